The summed E-state index contributed by atoms with van der Waals surface area (Å²) < 4.78 is 11.1. The lowest BCUT2D eigenvalue weighted by Crippen LogP contribution is -2.20. The molecule has 0 aromatic heterocycles. The molecule has 1 unspecified atom stereocenters. The monoisotopic (exact) mass is 281 g/mol. The summed E-state index contributed by atoms with van der Waals surface area (Å²) in [4.78, 5) is 0. The lowest BCUT2D eigenvalue weighted by atomic mass is 10.2. The molecule has 19 heavy (non-hydrogen) atoms. The van der Waals surface area contributed by atoms with Gasteiger partial charge < -0.3 is 14.6 Å². The predicted octanol–water partition coefficient (Wildman–Crippen LogP) is 3.07. The first-order chi connectivity index (χ1) is 9.13. The van der Waals surface area contributed by atoms with E-state index in [1.807, 2.05) is 32.0 Å². The van der Waals surface area contributed by atoms with E-state index in [1.165, 1.54) is 0 Å². The Bertz CT molecular complexity index is 405. The van der Waals surface area contributed by atoms with Gasteiger partial charge in [-0.1, -0.05) is 19.9 Å². The van der Waals surface area contributed by atoms with Crippen molar-refractivity contribution >= 4 is 13.7 Å². The van der Waals surface area contributed by atoms with Crippen LogP contribution in [0.25, 0.3) is 0 Å². The lowest BCUT2D eigenvalue weighted by Gasteiger charge is -2.21. The first kappa shape index (κ1) is 16.0. The van der Waals surface area contributed by atoms with Gasteiger partial charge >= 0.3 is 0 Å². The molecule has 3 nitrogen and oxygen atoms in total. The van der Waals surface area contributed by atoms with Gasteiger partial charge in [0.25, 0.3) is 0 Å². The molecule has 106 valence electrons. The maximum atomic E-state index is 12.4. The van der Waals surface area contributed by atoms with Gasteiger partial charge in [0.2, 0.25) is 0 Å². The van der Waals surface area contributed by atoms with Crippen molar-refractivity contribution in [1.29, 1.82) is 0 Å². The second-order valence-electron chi connectivity index (χ2n) is 4.19. The van der Waals surface area contributed by atoms with Gasteiger partial charge in [-0.3, -0.25) is 0 Å². The molecular weight excluding hydrogens is 259 g/mol. The fourth-order valence-electron chi connectivity index (χ4n) is 1.63. The molecule has 0 spiro atoms. The Balaban J connectivity index is 3.22. The molecule has 1 atom stereocenters. The van der Waals surface area contributed by atoms with E-state index in [4.69, 9.17) is 9.47 Å². The molecule has 0 N–H and O–H groups in total. The Kier molecular flexibility index (Phi) is 6.90. The smallest absolute Gasteiger partial charge is 0.129 e. The second-order valence-corrected chi connectivity index (χ2v) is 5.73. The van der Waals surface area contributed by atoms with Gasteiger partial charge in [0, 0.05) is 5.56 Å². The van der Waals surface area contributed by atoms with Crippen molar-refractivity contribution in [2.45, 2.75) is 39.8 Å². The van der Waals surface area contributed by atoms with E-state index in [0.29, 0.717) is 35.9 Å². The van der Waals surface area contributed by atoms with Gasteiger partial charge in [0.15, 0.2) is 0 Å². The van der Waals surface area contributed by atoms with E-state index in [0.717, 1.165) is 14.6 Å². The maximum Gasteiger partial charge on any atom is 0.129 e. The SMILES string of the molecule is CCOc1cccc(OCC)c1C([O-])=PC(C)CC. The topological polar surface area (TPSA) is 41.5 Å². The number of ether oxygens (including phenoxy) is 2. The molecule has 0 aliphatic rings. The highest BCUT2D eigenvalue weighted by Crippen LogP contribution is 2.31. The Labute approximate surface area is 117 Å². The Morgan fingerprint density at radius 3 is 2.11 bits per heavy atom. The zero-order valence-electron chi connectivity index (χ0n) is 12.1. The molecule has 0 saturated carbocycles. The van der Waals surface area contributed by atoms with Crippen LogP contribution < -0.4 is 14.6 Å². The summed E-state index contributed by atoms with van der Waals surface area (Å²) in [5.41, 5.74) is 0.992. The highest BCUT2D eigenvalue weighted by atomic mass is 31.1. The predicted molar refractivity (Wildman–Crippen MR) is 79.6 cm³/mol. The van der Waals surface area contributed by atoms with Crippen LogP contribution in [-0.4, -0.2) is 24.4 Å². The first-order valence-corrected chi connectivity index (χ1v) is 7.74. The molecule has 0 bridgehead atoms. The fourth-order valence-corrected chi connectivity index (χ4v) is 2.56. The standard InChI is InChI=1S/C15H23O3P/c1-5-11(4)19-15(16)14-12(17-6-2)9-8-10-13(14)18-7-3/h8-11,16H,5-7H2,1-4H3/p-1. The summed E-state index contributed by atoms with van der Waals surface area (Å²) >= 11 is 0. The summed E-state index contributed by atoms with van der Waals surface area (Å²) in [6.07, 6.45) is 0.980. The van der Waals surface area contributed by atoms with Crippen LogP contribution in [-0.2, 0) is 0 Å². The van der Waals surface area contributed by atoms with Crippen LogP contribution in [0.1, 0.15) is 39.7 Å². The summed E-state index contributed by atoms with van der Waals surface area (Å²) in [6.45, 7) is 9.06. The van der Waals surface area contributed by atoms with Crippen LogP contribution in [0.15, 0.2) is 18.2 Å². The molecule has 0 saturated heterocycles. The molecule has 1 aromatic carbocycles. The zero-order chi connectivity index (χ0) is 14.3. The molecule has 0 radical (unpaired) electrons. The van der Waals surface area contributed by atoms with Crippen LogP contribution >= 0.6 is 8.20 Å². The van der Waals surface area contributed by atoms with E-state index in [2.05, 4.69) is 13.8 Å². The molecule has 0 heterocycles. The largest absolute Gasteiger partial charge is 0.823 e. The van der Waals surface area contributed by atoms with Crippen molar-refractivity contribution in [2.75, 3.05) is 13.2 Å². The highest BCUT2D eigenvalue weighted by molar-refractivity contribution is 7.41. The summed E-state index contributed by atoms with van der Waals surface area (Å²) in [7, 11) is 0.797. The third kappa shape index (κ3) is 4.52. The van der Waals surface area contributed by atoms with E-state index < -0.39 is 0 Å². The third-order valence-corrected chi connectivity index (χ3v) is 3.99. The minimum absolute atomic E-state index is 0.0712. The van der Waals surface area contributed by atoms with Gasteiger partial charge in [0.05, 0.1) is 13.2 Å². The average molecular weight is 281 g/mol. The van der Waals surface area contributed by atoms with Crippen LogP contribution in [0.4, 0.5) is 0 Å². The molecule has 0 fully saturated rings. The van der Waals surface area contributed by atoms with Gasteiger partial charge in [-0.25, -0.2) is 0 Å². The maximum absolute atomic E-state index is 12.4. The third-order valence-electron chi connectivity index (χ3n) is 2.73. The summed E-state index contributed by atoms with van der Waals surface area (Å²) in [5.74, 6) is 1.24. The molecule has 1 rings (SSSR count). The Hall–Kier alpha value is -1.05. The van der Waals surface area contributed by atoms with Gasteiger partial charge in [0.1, 0.15) is 11.5 Å². The zero-order valence-corrected chi connectivity index (χ0v) is 13.0. The second kappa shape index (κ2) is 8.19. The van der Waals surface area contributed by atoms with Gasteiger partial charge in [-0.05, 0) is 38.1 Å². The number of benzene rings is 1. The summed E-state index contributed by atoms with van der Waals surface area (Å²) in [6, 6.07) is 5.50. The minimum Gasteiger partial charge on any atom is -0.823 e. The molecule has 0 aliphatic heterocycles. The molecule has 1 aromatic rings. The van der Waals surface area contributed by atoms with Gasteiger partial charge in [-0.15, -0.1) is 13.7 Å². The molecular formula is C15H22O3P-. The number of rotatable bonds is 7. The van der Waals surface area contributed by atoms with Crippen molar-refractivity contribution < 1.29 is 14.6 Å². The number of hydrogen-bond acceptors (Lipinski definition) is 3. The minimum atomic E-state index is 0.0712. The number of hydrogen-bond donors (Lipinski definition) is 0. The Morgan fingerprint density at radius 2 is 1.68 bits per heavy atom. The van der Waals surface area contributed by atoms with Gasteiger partial charge in [-0.2, -0.15) is 0 Å². The summed E-state index contributed by atoms with van der Waals surface area (Å²) in [5, 5.41) is 12.4. The van der Waals surface area contributed by atoms with E-state index in [-0.39, 0.29) is 5.48 Å². The fraction of sp³-hybridized carbons (Fsp3) is 0.533. The van der Waals surface area contributed by atoms with Crippen molar-refractivity contribution in [2.24, 2.45) is 0 Å². The molecule has 0 aliphatic carbocycles. The quantitative estimate of drug-likeness (QED) is 0.721. The van der Waals surface area contributed by atoms with Crippen LogP contribution in [0, 0.1) is 0 Å². The molecule has 4 heteroatoms. The first-order valence-electron chi connectivity index (χ1n) is 6.77. The van der Waals surface area contributed by atoms with Crippen LogP contribution in [0.2, 0.25) is 0 Å². The van der Waals surface area contributed by atoms with E-state index >= 15 is 0 Å². The van der Waals surface area contributed by atoms with E-state index in [9.17, 15) is 5.11 Å². The van der Waals surface area contributed by atoms with Crippen LogP contribution in [0.5, 0.6) is 11.5 Å². The van der Waals surface area contributed by atoms with Crippen molar-refractivity contribution in [3.8, 4) is 11.5 Å². The average Bonchev–Trinajstić information content (AvgIpc) is 2.39. The molecule has 0 amide bonds. The van der Waals surface area contributed by atoms with Crippen molar-refractivity contribution in [3.05, 3.63) is 23.8 Å². The van der Waals surface area contributed by atoms with Crippen molar-refractivity contribution in [3.63, 3.8) is 0 Å². The highest BCUT2D eigenvalue weighted by Gasteiger charge is 2.10. The Morgan fingerprint density at radius 1 is 1.16 bits per heavy atom. The normalized spacial score (nSPS) is 13.2. The lowest BCUT2D eigenvalue weighted by molar-refractivity contribution is -0.207. The van der Waals surface area contributed by atoms with Crippen LogP contribution in [0.3, 0.4) is 0 Å². The van der Waals surface area contributed by atoms with E-state index in [1.54, 1.807) is 0 Å². The van der Waals surface area contributed by atoms with Crippen molar-refractivity contribution in [1.82, 2.24) is 0 Å².